The van der Waals surface area contributed by atoms with Crippen molar-refractivity contribution < 1.29 is 41.0 Å². The summed E-state index contributed by atoms with van der Waals surface area (Å²) >= 11 is 0. The second-order valence-corrected chi connectivity index (χ2v) is 9.54. The number of carbonyl (C=O) groups is 1. The third kappa shape index (κ3) is 5.36. The monoisotopic (exact) mass is 572 g/mol. The third-order valence-electron chi connectivity index (χ3n) is 7.25. The molecule has 0 aliphatic heterocycles. The molecule has 214 valence electrons. The smallest absolute Gasteiger partial charge is 0.433 e. The fraction of sp³-hybridized carbons (Fsp3) is 0.267. The first-order chi connectivity index (χ1) is 19.6. The van der Waals surface area contributed by atoms with E-state index in [0.29, 0.717) is 11.5 Å². The van der Waals surface area contributed by atoms with E-state index in [1.807, 2.05) is 5.10 Å². The average Bonchev–Trinajstić information content (AvgIpc) is 3.56. The topological polar surface area (TPSA) is 73.4 Å². The largest absolute Gasteiger partial charge is 0.497 e. The van der Waals surface area contributed by atoms with E-state index in [4.69, 9.17) is 14.2 Å². The summed E-state index contributed by atoms with van der Waals surface area (Å²) in [4.78, 5) is 13.1. The number of hydrogen-bond acceptors (Lipinski definition) is 5. The lowest BCUT2D eigenvalue weighted by molar-refractivity contribution is -0.143. The van der Waals surface area contributed by atoms with Crippen LogP contribution < -0.4 is 9.47 Å². The van der Waals surface area contributed by atoms with Gasteiger partial charge < -0.3 is 14.2 Å². The van der Waals surface area contributed by atoms with Crippen LogP contribution in [0, 0.1) is 5.92 Å². The van der Waals surface area contributed by atoms with E-state index in [1.165, 1.54) is 74.9 Å². The normalized spacial score (nSPS) is 19.7. The van der Waals surface area contributed by atoms with Crippen molar-refractivity contribution in [3.8, 4) is 11.5 Å². The van der Waals surface area contributed by atoms with Gasteiger partial charge in [-0.1, -0.05) is 42.5 Å². The Morgan fingerprint density at radius 3 is 1.88 bits per heavy atom. The van der Waals surface area contributed by atoms with Crippen molar-refractivity contribution in [2.75, 3.05) is 14.2 Å². The molecule has 5 rings (SSSR count). The van der Waals surface area contributed by atoms with Gasteiger partial charge in [0.2, 0.25) is 0 Å². The lowest BCUT2D eigenvalue weighted by Crippen LogP contribution is -2.26. The Morgan fingerprint density at radius 2 is 1.37 bits per heavy atom. The molecule has 1 aliphatic carbocycles. The van der Waals surface area contributed by atoms with Gasteiger partial charge in [-0.3, -0.25) is 5.10 Å². The summed E-state index contributed by atoms with van der Waals surface area (Å²) in [7, 11) is 2.85. The zero-order valence-corrected chi connectivity index (χ0v) is 21.9. The fourth-order valence-corrected chi connectivity index (χ4v) is 5.26. The van der Waals surface area contributed by atoms with E-state index in [-0.39, 0.29) is 22.4 Å². The van der Waals surface area contributed by atoms with Crippen LogP contribution in [0.2, 0.25) is 0 Å². The molecule has 6 nitrogen and oxygen atoms in total. The van der Waals surface area contributed by atoms with Crippen LogP contribution >= 0.6 is 0 Å². The predicted molar refractivity (Wildman–Crippen MR) is 138 cm³/mol. The zero-order chi connectivity index (χ0) is 29.3. The van der Waals surface area contributed by atoms with Crippen molar-refractivity contribution in [1.29, 1.82) is 0 Å². The minimum absolute atomic E-state index is 0.0418. The number of nitrogens with zero attached hydrogens (tertiary/aromatic N) is 1. The number of aromatic nitrogens is 2. The molecule has 0 saturated heterocycles. The first-order valence-corrected chi connectivity index (χ1v) is 12.6. The highest BCUT2D eigenvalue weighted by Gasteiger charge is 2.57. The van der Waals surface area contributed by atoms with E-state index in [2.05, 4.69) is 5.10 Å². The number of hydrogen-bond donors (Lipinski definition) is 1. The molecule has 4 aromatic rings. The molecule has 0 saturated carbocycles. The Morgan fingerprint density at radius 1 is 0.829 bits per heavy atom. The van der Waals surface area contributed by atoms with Crippen LogP contribution in [-0.2, 0) is 10.9 Å². The summed E-state index contributed by atoms with van der Waals surface area (Å²) in [6.45, 7) is 0. The maximum atomic E-state index is 16.6. The number of methoxy groups -OCH3 is 2. The molecule has 1 aromatic heterocycles. The second kappa shape index (κ2) is 11.2. The molecule has 1 N–H and O–H groups in total. The molecule has 0 amide bonds. The number of carbonyl (C=O) groups excluding carboxylic acids is 1. The second-order valence-electron chi connectivity index (χ2n) is 9.54. The van der Waals surface area contributed by atoms with Crippen molar-refractivity contribution in [2.45, 2.75) is 30.5 Å². The van der Waals surface area contributed by atoms with Gasteiger partial charge in [0.15, 0.2) is 0 Å². The summed E-state index contributed by atoms with van der Waals surface area (Å²) in [5.41, 5.74) is -2.11. The Kier molecular flexibility index (Phi) is 7.70. The third-order valence-corrected chi connectivity index (χ3v) is 7.25. The molecule has 3 aromatic carbocycles. The summed E-state index contributed by atoms with van der Waals surface area (Å²) in [5, 5.41) is 5.76. The molecule has 1 heterocycles. The Bertz CT molecular complexity index is 1490. The molecular formula is C30H25F5N2O4. The van der Waals surface area contributed by atoms with Gasteiger partial charge in [0, 0.05) is 17.4 Å². The van der Waals surface area contributed by atoms with Crippen molar-refractivity contribution in [1.82, 2.24) is 10.2 Å². The Hall–Kier alpha value is -4.41. The van der Waals surface area contributed by atoms with E-state index < -0.39 is 53.7 Å². The predicted octanol–water partition coefficient (Wildman–Crippen LogP) is 7.48. The molecule has 1 aliphatic rings. The molecule has 0 radical (unpaired) electrons. The molecule has 0 bridgehead atoms. The number of fused-ring (bicyclic) bond motifs is 1. The number of rotatable bonds is 8. The quantitative estimate of drug-likeness (QED) is 0.175. The van der Waals surface area contributed by atoms with Crippen LogP contribution in [0.1, 0.15) is 62.8 Å². The molecular weight excluding hydrogens is 547 g/mol. The standard InChI is InChI=1S/C30H25F5N2O4/c1-39-19-12-8-16(9-13-19)24(31)21-22(25(32)17-10-14-20(40-2)15-11-17)27(41-29(38)18-6-4-3-5-7-18)23-26(21)36-37-28(23)30(33,34)35/h3-15,21-22,24-25,27H,1-2H3,(H,36,37)/t21-,22+,24?,25?,27-/m0/s1. The van der Waals surface area contributed by atoms with Crippen LogP contribution in [-0.4, -0.2) is 30.4 Å². The van der Waals surface area contributed by atoms with Crippen LogP contribution in [0.25, 0.3) is 0 Å². The summed E-state index contributed by atoms with van der Waals surface area (Å²) < 4.78 is 91.3. The highest BCUT2D eigenvalue weighted by Crippen LogP contribution is 2.60. The number of benzene rings is 3. The first-order valence-electron chi connectivity index (χ1n) is 12.6. The minimum atomic E-state index is -4.96. The van der Waals surface area contributed by atoms with Gasteiger partial charge in [0.1, 0.15) is 35.6 Å². The number of alkyl halides is 5. The Balaban J connectivity index is 1.65. The number of halogens is 5. The van der Waals surface area contributed by atoms with E-state index in [1.54, 1.807) is 18.2 Å². The maximum absolute atomic E-state index is 16.6. The zero-order valence-electron chi connectivity index (χ0n) is 21.9. The number of ether oxygens (including phenoxy) is 3. The molecule has 5 atom stereocenters. The summed E-state index contributed by atoms with van der Waals surface area (Å²) in [6, 6.07) is 19.1. The van der Waals surface area contributed by atoms with Crippen LogP contribution in [0.5, 0.6) is 11.5 Å². The molecule has 11 heteroatoms. The summed E-state index contributed by atoms with van der Waals surface area (Å²) in [5.74, 6) is -3.27. The fourth-order valence-electron chi connectivity index (χ4n) is 5.26. The highest BCUT2D eigenvalue weighted by molar-refractivity contribution is 5.89. The van der Waals surface area contributed by atoms with Gasteiger partial charge in [-0.15, -0.1) is 0 Å². The van der Waals surface area contributed by atoms with E-state index >= 15 is 8.78 Å². The number of aromatic amines is 1. The average molecular weight is 573 g/mol. The Labute approximate surface area is 232 Å². The highest BCUT2D eigenvalue weighted by atomic mass is 19.4. The van der Waals surface area contributed by atoms with Crippen molar-refractivity contribution in [3.63, 3.8) is 0 Å². The van der Waals surface area contributed by atoms with Gasteiger partial charge in [-0.05, 0) is 47.5 Å². The first kappa shape index (κ1) is 28.1. The molecule has 0 spiro atoms. The van der Waals surface area contributed by atoms with Crippen LogP contribution in [0.3, 0.4) is 0 Å². The van der Waals surface area contributed by atoms with Crippen molar-refractivity contribution >= 4 is 5.97 Å². The lowest BCUT2D eigenvalue weighted by Gasteiger charge is -2.31. The van der Waals surface area contributed by atoms with E-state index in [0.717, 1.165) is 0 Å². The van der Waals surface area contributed by atoms with Gasteiger partial charge in [-0.25, -0.2) is 13.6 Å². The van der Waals surface area contributed by atoms with Crippen LogP contribution in [0.4, 0.5) is 22.0 Å². The molecule has 2 unspecified atom stereocenters. The molecule has 41 heavy (non-hydrogen) atoms. The van der Waals surface area contributed by atoms with Crippen LogP contribution in [0.15, 0.2) is 78.9 Å². The van der Waals surface area contributed by atoms with E-state index in [9.17, 15) is 18.0 Å². The number of H-pyrrole nitrogens is 1. The van der Waals surface area contributed by atoms with Gasteiger partial charge in [-0.2, -0.15) is 18.3 Å². The molecule has 0 fully saturated rings. The van der Waals surface area contributed by atoms with Crippen molar-refractivity contribution in [2.24, 2.45) is 5.92 Å². The van der Waals surface area contributed by atoms with Gasteiger partial charge in [0.05, 0.1) is 25.5 Å². The minimum Gasteiger partial charge on any atom is -0.497 e. The number of nitrogens with one attached hydrogen (secondary N) is 1. The van der Waals surface area contributed by atoms with Gasteiger partial charge in [0.25, 0.3) is 0 Å². The SMILES string of the molecule is COc1ccc(C(F)[C@@H]2[C@H](OC(=O)c3ccccc3)c3c(n[nH]c3C(F)(F)F)[C@@H]2C(F)c2ccc(OC)cc2)cc1. The van der Waals surface area contributed by atoms with Crippen molar-refractivity contribution in [3.05, 3.63) is 113 Å². The summed E-state index contributed by atoms with van der Waals surface area (Å²) in [6.07, 6.45) is -10.8. The number of esters is 1. The van der Waals surface area contributed by atoms with Gasteiger partial charge >= 0.3 is 12.1 Å². The lowest BCUT2D eigenvalue weighted by atomic mass is 9.81. The maximum Gasteiger partial charge on any atom is 0.433 e.